The van der Waals surface area contributed by atoms with Crippen molar-refractivity contribution in [3.63, 3.8) is 0 Å². The molecule has 0 radical (unpaired) electrons. The summed E-state index contributed by atoms with van der Waals surface area (Å²) in [6.07, 6.45) is 3.79. The van der Waals surface area contributed by atoms with E-state index < -0.39 is 5.92 Å². The van der Waals surface area contributed by atoms with Crippen LogP contribution in [-0.4, -0.2) is 103 Å². The molecule has 1 aromatic rings. The minimum absolute atomic E-state index is 0.0119. The molecule has 0 bridgehead atoms. The number of methoxy groups -OCH3 is 2. The molecule has 3 rings (SSSR count). The lowest BCUT2D eigenvalue weighted by Crippen LogP contribution is -2.51. The van der Waals surface area contributed by atoms with Crippen molar-refractivity contribution in [3.05, 3.63) is 18.2 Å². The fourth-order valence-electron chi connectivity index (χ4n) is 4.09. The van der Waals surface area contributed by atoms with E-state index in [9.17, 15) is 9.59 Å². The molecule has 0 spiro atoms. The number of piperazine rings is 1. The zero-order chi connectivity index (χ0) is 20.1. The highest BCUT2D eigenvalue weighted by Gasteiger charge is 2.47. The van der Waals surface area contributed by atoms with Crippen LogP contribution in [0.5, 0.6) is 0 Å². The molecule has 2 amide bonds. The highest BCUT2D eigenvalue weighted by Crippen LogP contribution is 2.38. The van der Waals surface area contributed by atoms with Crippen LogP contribution in [0.15, 0.2) is 12.4 Å². The van der Waals surface area contributed by atoms with Gasteiger partial charge in [0.25, 0.3) is 0 Å². The number of carbonyl (C=O) groups excluding carboxylic acids is 2. The zero-order valence-electron chi connectivity index (χ0n) is 17.0. The van der Waals surface area contributed by atoms with Gasteiger partial charge in [-0.05, 0) is 0 Å². The molecule has 2 fully saturated rings. The van der Waals surface area contributed by atoms with Crippen LogP contribution >= 0.6 is 0 Å². The number of hydrogen-bond acceptors (Lipinski definition) is 6. The molecule has 0 N–H and O–H groups in total. The second-order valence-corrected chi connectivity index (χ2v) is 7.39. The predicted molar refractivity (Wildman–Crippen MR) is 103 cm³/mol. The summed E-state index contributed by atoms with van der Waals surface area (Å²) in [4.78, 5) is 36.4. The predicted octanol–water partition coefficient (Wildman–Crippen LogP) is -0.253. The minimum Gasteiger partial charge on any atom is -0.383 e. The maximum absolute atomic E-state index is 13.3. The Morgan fingerprint density at radius 1 is 1.14 bits per heavy atom. The van der Waals surface area contributed by atoms with E-state index in [2.05, 4.69) is 9.88 Å². The van der Waals surface area contributed by atoms with Gasteiger partial charge in [-0.15, -0.1) is 0 Å². The van der Waals surface area contributed by atoms with Crippen LogP contribution in [0.1, 0.15) is 18.3 Å². The molecule has 2 saturated heterocycles. The zero-order valence-corrected chi connectivity index (χ0v) is 17.0. The van der Waals surface area contributed by atoms with Gasteiger partial charge < -0.3 is 23.8 Å². The number of likely N-dealkylation sites (tertiary alicyclic amines) is 1. The number of carbonyl (C=O) groups is 2. The van der Waals surface area contributed by atoms with Gasteiger partial charge in [-0.3, -0.25) is 14.5 Å². The van der Waals surface area contributed by atoms with Crippen molar-refractivity contribution in [3.8, 4) is 0 Å². The molecule has 3 heterocycles. The van der Waals surface area contributed by atoms with Crippen LogP contribution in [0.4, 0.5) is 0 Å². The molecular formula is C19H31N5O4. The first-order chi connectivity index (χ1) is 13.6. The van der Waals surface area contributed by atoms with Gasteiger partial charge in [-0.1, -0.05) is 0 Å². The molecule has 0 aromatic carbocycles. The van der Waals surface area contributed by atoms with Crippen LogP contribution in [0.3, 0.4) is 0 Å². The summed E-state index contributed by atoms with van der Waals surface area (Å²) >= 11 is 0. The Hall–Kier alpha value is -1.97. The Morgan fingerprint density at radius 2 is 1.82 bits per heavy atom. The minimum atomic E-state index is -0.406. The molecule has 2 aliphatic heterocycles. The highest BCUT2D eigenvalue weighted by molar-refractivity contribution is 5.90. The van der Waals surface area contributed by atoms with Crippen LogP contribution in [0.2, 0.25) is 0 Å². The third-order valence-electron chi connectivity index (χ3n) is 5.70. The van der Waals surface area contributed by atoms with E-state index >= 15 is 0 Å². The van der Waals surface area contributed by atoms with Crippen molar-refractivity contribution in [2.24, 2.45) is 13.0 Å². The highest BCUT2D eigenvalue weighted by atomic mass is 16.5. The summed E-state index contributed by atoms with van der Waals surface area (Å²) in [6.45, 7) is 5.48. The van der Waals surface area contributed by atoms with E-state index in [1.807, 2.05) is 22.7 Å². The topological polar surface area (TPSA) is 80.1 Å². The Kier molecular flexibility index (Phi) is 7.03. The van der Waals surface area contributed by atoms with Gasteiger partial charge in [0.05, 0.1) is 19.1 Å². The van der Waals surface area contributed by atoms with Gasteiger partial charge in [0.15, 0.2) is 0 Å². The Balaban J connectivity index is 1.73. The molecule has 2 aliphatic rings. The SMILES string of the molecule is COCCN1CCN(C(=O)[C@H]2CC(=O)N(CCOC)[C@@H]2c2nccn2C)CC1. The van der Waals surface area contributed by atoms with Crippen molar-refractivity contribution >= 4 is 11.8 Å². The smallest absolute Gasteiger partial charge is 0.228 e. The van der Waals surface area contributed by atoms with E-state index in [4.69, 9.17) is 9.47 Å². The van der Waals surface area contributed by atoms with E-state index in [0.29, 0.717) is 32.8 Å². The third kappa shape index (κ3) is 4.37. The van der Waals surface area contributed by atoms with Crippen molar-refractivity contribution in [1.29, 1.82) is 0 Å². The maximum atomic E-state index is 13.3. The summed E-state index contributed by atoms with van der Waals surface area (Å²) < 4.78 is 12.2. The number of imidazole rings is 1. The van der Waals surface area contributed by atoms with Crippen molar-refractivity contribution in [1.82, 2.24) is 24.3 Å². The number of aromatic nitrogens is 2. The number of aryl methyl sites for hydroxylation is 1. The second kappa shape index (κ2) is 9.49. The first-order valence-corrected chi connectivity index (χ1v) is 9.82. The fraction of sp³-hybridized carbons (Fsp3) is 0.737. The maximum Gasteiger partial charge on any atom is 0.228 e. The molecule has 1 aromatic heterocycles. The Morgan fingerprint density at radius 3 is 2.43 bits per heavy atom. The van der Waals surface area contributed by atoms with Gasteiger partial charge >= 0.3 is 0 Å². The second-order valence-electron chi connectivity index (χ2n) is 7.39. The average Bonchev–Trinajstić information content (AvgIpc) is 3.27. The summed E-state index contributed by atoms with van der Waals surface area (Å²) in [6, 6.07) is -0.346. The van der Waals surface area contributed by atoms with Crippen LogP contribution in [0.25, 0.3) is 0 Å². The third-order valence-corrected chi connectivity index (χ3v) is 5.70. The lowest BCUT2D eigenvalue weighted by Gasteiger charge is -2.37. The molecule has 0 unspecified atom stereocenters. The Bertz CT molecular complexity index is 671. The van der Waals surface area contributed by atoms with Crippen LogP contribution in [0, 0.1) is 5.92 Å². The number of ether oxygens (including phenoxy) is 2. The van der Waals surface area contributed by atoms with Gasteiger partial charge in [0.2, 0.25) is 11.8 Å². The normalized spacial score (nSPS) is 23.6. The van der Waals surface area contributed by atoms with Gasteiger partial charge in [0, 0.05) is 79.4 Å². The summed E-state index contributed by atoms with van der Waals surface area (Å²) in [5, 5.41) is 0. The quantitative estimate of drug-likeness (QED) is 0.606. The van der Waals surface area contributed by atoms with Gasteiger partial charge in [-0.25, -0.2) is 4.98 Å². The Labute approximate surface area is 166 Å². The van der Waals surface area contributed by atoms with E-state index in [1.165, 1.54) is 0 Å². The van der Waals surface area contributed by atoms with Crippen molar-refractivity contribution in [2.45, 2.75) is 12.5 Å². The molecule has 156 valence electrons. The molecule has 0 saturated carbocycles. The molecular weight excluding hydrogens is 362 g/mol. The van der Waals surface area contributed by atoms with E-state index in [-0.39, 0.29) is 24.3 Å². The van der Waals surface area contributed by atoms with Crippen molar-refractivity contribution < 1.29 is 19.1 Å². The lowest BCUT2D eigenvalue weighted by atomic mass is 9.97. The first-order valence-electron chi connectivity index (χ1n) is 9.82. The lowest BCUT2D eigenvalue weighted by molar-refractivity contribution is -0.138. The first kappa shape index (κ1) is 20.8. The summed E-state index contributed by atoms with van der Waals surface area (Å²) in [5.74, 6) is 0.379. The fourth-order valence-corrected chi connectivity index (χ4v) is 4.09. The largest absolute Gasteiger partial charge is 0.383 e. The molecule has 28 heavy (non-hydrogen) atoms. The van der Waals surface area contributed by atoms with Gasteiger partial charge in [0.1, 0.15) is 11.9 Å². The van der Waals surface area contributed by atoms with E-state index in [1.54, 1.807) is 25.3 Å². The van der Waals surface area contributed by atoms with Crippen LogP contribution in [-0.2, 0) is 26.1 Å². The number of amides is 2. The number of rotatable bonds is 8. The summed E-state index contributed by atoms with van der Waals surface area (Å²) in [7, 11) is 5.21. The molecule has 2 atom stereocenters. The number of nitrogens with zero attached hydrogens (tertiary/aromatic N) is 5. The molecule has 9 heteroatoms. The van der Waals surface area contributed by atoms with E-state index in [0.717, 1.165) is 25.5 Å². The molecule has 9 nitrogen and oxygen atoms in total. The molecule has 0 aliphatic carbocycles. The van der Waals surface area contributed by atoms with Crippen molar-refractivity contribution in [2.75, 3.05) is 66.7 Å². The summed E-state index contributed by atoms with van der Waals surface area (Å²) in [5.41, 5.74) is 0. The average molecular weight is 393 g/mol. The van der Waals surface area contributed by atoms with Crippen LogP contribution < -0.4 is 0 Å². The standard InChI is InChI=1S/C19H31N5O4/c1-21-5-4-20-18(21)17-15(14-16(25)24(17)11-13-28-3)19(26)23-8-6-22(7-9-23)10-12-27-2/h4-5,15,17H,6-14H2,1-3H3/t15-,17-/m0/s1. The number of hydrogen-bond donors (Lipinski definition) is 0. The van der Waals surface area contributed by atoms with Gasteiger partial charge in [-0.2, -0.15) is 0 Å². The monoisotopic (exact) mass is 393 g/mol.